The second-order valence-corrected chi connectivity index (χ2v) is 7.16. The highest BCUT2D eigenvalue weighted by Crippen LogP contribution is 2.40. The molecule has 2 heterocycles. The fourth-order valence-electron chi connectivity index (χ4n) is 4.34. The molecule has 0 N–H and O–H groups in total. The van der Waals surface area contributed by atoms with Gasteiger partial charge in [-0.1, -0.05) is 19.3 Å². The molecule has 24 heavy (non-hydrogen) atoms. The van der Waals surface area contributed by atoms with E-state index in [1.54, 1.807) is 12.3 Å². The Kier molecular flexibility index (Phi) is 4.99. The minimum atomic E-state index is -0.141. The maximum Gasteiger partial charge on any atom is 0.264 e. The van der Waals surface area contributed by atoms with Gasteiger partial charge in [0, 0.05) is 18.8 Å². The minimum absolute atomic E-state index is 0.141. The number of aromatic nitrogens is 1. The van der Waals surface area contributed by atoms with E-state index in [1.165, 1.54) is 25.7 Å². The molecule has 3 rings (SSSR count). The summed E-state index contributed by atoms with van der Waals surface area (Å²) in [6.45, 7) is 4.89. The molecule has 0 spiro atoms. The first-order valence-corrected chi connectivity index (χ1v) is 8.95. The number of piperidine rings is 1. The van der Waals surface area contributed by atoms with Crippen molar-refractivity contribution in [3.8, 4) is 6.07 Å². The molecular formula is C20H25N3O. The van der Waals surface area contributed by atoms with Crippen molar-refractivity contribution in [3.05, 3.63) is 35.2 Å². The monoisotopic (exact) mass is 323 g/mol. The predicted octanol–water partition coefficient (Wildman–Crippen LogP) is 3.72. The van der Waals surface area contributed by atoms with Crippen molar-refractivity contribution >= 4 is 12.0 Å². The van der Waals surface area contributed by atoms with Crippen LogP contribution in [-0.2, 0) is 4.79 Å². The van der Waals surface area contributed by atoms with Gasteiger partial charge in [-0.05, 0) is 62.3 Å². The lowest BCUT2D eigenvalue weighted by atomic mass is 9.71. The lowest BCUT2D eigenvalue weighted by molar-refractivity contribution is -0.133. The molecule has 3 atom stereocenters. The van der Waals surface area contributed by atoms with Crippen molar-refractivity contribution in [1.82, 2.24) is 9.88 Å². The van der Waals surface area contributed by atoms with Crippen molar-refractivity contribution in [2.45, 2.75) is 52.0 Å². The molecule has 2 fully saturated rings. The van der Waals surface area contributed by atoms with E-state index in [4.69, 9.17) is 0 Å². The quantitative estimate of drug-likeness (QED) is 0.615. The van der Waals surface area contributed by atoms with E-state index in [2.05, 4.69) is 18.0 Å². The van der Waals surface area contributed by atoms with Crippen LogP contribution in [0.3, 0.4) is 0 Å². The summed E-state index contributed by atoms with van der Waals surface area (Å²) in [7, 11) is 0. The summed E-state index contributed by atoms with van der Waals surface area (Å²) >= 11 is 0. The molecule has 1 aliphatic heterocycles. The van der Waals surface area contributed by atoms with Gasteiger partial charge >= 0.3 is 0 Å². The summed E-state index contributed by atoms with van der Waals surface area (Å²) < 4.78 is 0. The molecule has 126 valence electrons. The van der Waals surface area contributed by atoms with Gasteiger partial charge in [0.1, 0.15) is 11.6 Å². The van der Waals surface area contributed by atoms with Crippen molar-refractivity contribution < 1.29 is 4.79 Å². The molecule has 0 bridgehead atoms. The van der Waals surface area contributed by atoms with E-state index in [0.29, 0.717) is 11.6 Å². The van der Waals surface area contributed by atoms with E-state index < -0.39 is 0 Å². The van der Waals surface area contributed by atoms with Gasteiger partial charge in [-0.25, -0.2) is 0 Å². The Morgan fingerprint density at radius 2 is 2.17 bits per heavy atom. The predicted molar refractivity (Wildman–Crippen MR) is 93.8 cm³/mol. The average molecular weight is 323 g/mol. The number of hydrogen-bond acceptors (Lipinski definition) is 3. The summed E-state index contributed by atoms with van der Waals surface area (Å²) in [6, 6.07) is 6.10. The summed E-state index contributed by atoms with van der Waals surface area (Å²) in [6.07, 6.45) is 9.49. The SMILES string of the molecule is Cc1ccnc(/C=C(\C#N)C(=O)N2CCC3CCCCC3C2C)c1. The van der Waals surface area contributed by atoms with E-state index in [0.717, 1.165) is 24.4 Å². The Morgan fingerprint density at radius 3 is 2.92 bits per heavy atom. The van der Waals surface area contributed by atoms with Crippen LogP contribution in [0.1, 0.15) is 50.3 Å². The average Bonchev–Trinajstić information content (AvgIpc) is 2.60. The second-order valence-electron chi connectivity index (χ2n) is 7.16. The van der Waals surface area contributed by atoms with Crippen molar-refractivity contribution in [2.75, 3.05) is 6.54 Å². The Hall–Kier alpha value is -2.15. The number of carbonyl (C=O) groups is 1. The van der Waals surface area contributed by atoms with Crippen molar-refractivity contribution in [3.63, 3.8) is 0 Å². The summed E-state index contributed by atoms with van der Waals surface area (Å²) in [5.41, 5.74) is 1.92. The van der Waals surface area contributed by atoms with Crippen LogP contribution in [0.5, 0.6) is 0 Å². The molecule has 1 aromatic heterocycles. The third-order valence-electron chi connectivity index (χ3n) is 5.66. The third-order valence-corrected chi connectivity index (χ3v) is 5.66. The molecule has 1 aromatic rings. The fourth-order valence-corrected chi connectivity index (χ4v) is 4.34. The van der Waals surface area contributed by atoms with Gasteiger partial charge in [-0.15, -0.1) is 0 Å². The van der Waals surface area contributed by atoms with E-state index in [-0.39, 0.29) is 17.5 Å². The van der Waals surface area contributed by atoms with Crippen LogP contribution in [0, 0.1) is 30.1 Å². The maximum absolute atomic E-state index is 12.9. The Morgan fingerprint density at radius 1 is 1.38 bits per heavy atom. The highest BCUT2D eigenvalue weighted by Gasteiger charge is 2.39. The van der Waals surface area contributed by atoms with E-state index >= 15 is 0 Å². The molecule has 1 saturated carbocycles. The van der Waals surface area contributed by atoms with Crippen LogP contribution in [0.2, 0.25) is 0 Å². The number of amides is 1. The van der Waals surface area contributed by atoms with Gasteiger partial charge in [-0.2, -0.15) is 5.26 Å². The molecule has 4 heteroatoms. The second kappa shape index (κ2) is 7.17. The number of nitrogens with zero attached hydrogens (tertiary/aromatic N) is 3. The van der Waals surface area contributed by atoms with Crippen LogP contribution in [0.4, 0.5) is 0 Å². The van der Waals surface area contributed by atoms with Gasteiger partial charge in [-0.3, -0.25) is 9.78 Å². The van der Waals surface area contributed by atoms with Gasteiger partial charge in [0.05, 0.1) is 5.69 Å². The Labute approximate surface area is 144 Å². The first-order chi connectivity index (χ1) is 11.6. The Balaban J connectivity index is 1.80. The zero-order valence-corrected chi connectivity index (χ0v) is 14.5. The lowest BCUT2D eigenvalue weighted by Crippen LogP contribution is -2.51. The van der Waals surface area contributed by atoms with Crippen molar-refractivity contribution in [2.24, 2.45) is 11.8 Å². The van der Waals surface area contributed by atoms with E-state index in [1.807, 2.05) is 24.0 Å². The van der Waals surface area contributed by atoms with Crippen LogP contribution >= 0.6 is 0 Å². The van der Waals surface area contributed by atoms with Crippen LogP contribution in [0.25, 0.3) is 6.08 Å². The van der Waals surface area contributed by atoms with Gasteiger partial charge in [0.2, 0.25) is 0 Å². The Bertz CT molecular complexity index is 688. The highest BCUT2D eigenvalue weighted by molar-refractivity contribution is 6.01. The third kappa shape index (κ3) is 3.36. The lowest BCUT2D eigenvalue weighted by Gasteiger charge is -2.46. The molecule has 1 aliphatic carbocycles. The minimum Gasteiger partial charge on any atom is -0.335 e. The molecule has 0 radical (unpaired) electrons. The highest BCUT2D eigenvalue weighted by atomic mass is 16.2. The summed E-state index contributed by atoms with van der Waals surface area (Å²) in [5, 5.41) is 9.48. The molecule has 0 aromatic carbocycles. The molecule has 1 saturated heterocycles. The number of nitriles is 1. The van der Waals surface area contributed by atoms with Gasteiger partial charge < -0.3 is 4.90 Å². The zero-order chi connectivity index (χ0) is 17.1. The van der Waals surface area contributed by atoms with Crippen LogP contribution in [-0.4, -0.2) is 28.4 Å². The van der Waals surface area contributed by atoms with E-state index in [9.17, 15) is 10.1 Å². The van der Waals surface area contributed by atoms with Crippen molar-refractivity contribution in [1.29, 1.82) is 5.26 Å². The number of pyridine rings is 1. The topological polar surface area (TPSA) is 57.0 Å². The summed E-state index contributed by atoms with van der Waals surface area (Å²) in [5.74, 6) is 1.21. The molecular weight excluding hydrogens is 298 g/mol. The fraction of sp³-hybridized carbons (Fsp3) is 0.550. The number of rotatable bonds is 2. The first kappa shape index (κ1) is 16.7. The number of fused-ring (bicyclic) bond motifs is 1. The van der Waals surface area contributed by atoms with Gasteiger partial charge in [0.15, 0.2) is 0 Å². The maximum atomic E-state index is 12.9. The normalized spacial score (nSPS) is 27.3. The number of aryl methyl sites for hydroxylation is 1. The summed E-state index contributed by atoms with van der Waals surface area (Å²) in [4.78, 5) is 19.1. The largest absolute Gasteiger partial charge is 0.335 e. The smallest absolute Gasteiger partial charge is 0.264 e. The van der Waals surface area contributed by atoms with Crippen LogP contribution < -0.4 is 0 Å². The molecule has 3 unspecified atom stereocenters. The number of hydrogen-bond donors (Lipinski definition) is 0. The standard InChI is InChI=1S/C20H25N3O/c1-14-7-9-22-18(11-14)12-17(13-21)20(24)23-10-8-16-5-3-4-6-19(16)15(23)2/h7,9,11-12,15-16,19H,3-6,8,10H2,1-2H3/b17-12+. The molecule has 4 nitrogen and oxygen atoms in total. The zero-order valence-electron chi connectivity index (χ0n) is 14.5. The molecule has 1 amide bonds. The first-order valence-electron chi connectivity index (χ1n) is 8.95. The number of likely N-dealkylation sites (tertiary alicyclic amines) is 1. The number of carbonyl (C=O) groups excluding carboxylic acids is 1. The van der Waals surface area contributed by atoms with Gasteiger partial charge in [0.25, 0.3) is 5.91 Å². The van der Waals surface area contributed by atoms with Crippen LogP contribution in [0.15, 0.2) is 23.9 Å². The molecule has 2 aliphatic rings.